The van der Waals surface area contributed by atoms with Crippen molar-refractivity contribution >= 4 is 24.0 Å². The molecule has 5 nitrogen and oxygen atoms in total. The van der Waals surface area contributed by atoms with Crippen LogP contribution in [0.4, 0.5) is 9.59 Å². The Morgan fingerprint density at radius 2 is 1.86 bits per heavy atom. The third-order valence-electron chi connectivity index (χ3n) is 1.24. The molecule has 0 saturated heterocycles. The molecule has 0 bridgehead atoms. The second kappa shape index (κ2) is 5.13. The lowest BCUT2D eigenvalue weighted by molar-refractivity contribution is 0.235. The highest BCUT2D eigenvalue weighted by Crippen LogP contribution is 2.12. The van der Waals surface area contributed by atoms with E-state index in [0.717, 1.165) is 16.8 Å². The maximum Gasteiger partial charge on any atom is 0.333 e. The second-order valence-corrected chi connectivity index (χ2v) is 3.22. The lowest BCUT2D eigenvalue weighted by Crippen LogP contribution is -2.39. The highest BCUT2D eigenvalue weighted by molar-refractivity contribution is 7.98. The maximum atomic E-state index is 10.9. The molecule has 0 saturated carbocycles. The summed E-state index contributed by atoms with van der Waals surface area (Å²) < 4.78 is 2.40. The topological polar surface area (TPSA) is 84.2 Å². The highest BCUT2D eigenvalue weighted by Gasteiger charge is 2.02. The monoisotopic (exact) mass is 211 g/mol. The number of benzene rings is 1. The summed E-state index contributed by atoms with van der Waals surface area (Å²) in [5.74, 6) is 0. The molecule has 0 aliphatic heterocycles. The quantitative estimate of drug-likeness (QED) is 0.640. The van der Waals surface area contributed by atoms with E-state index in [4.69, 9.17) is 5.73 Å². The lowest BCUT2D eigenvalue weighted by atomic mass is 10.4. The van der Waals surface area contributed by atoms with Crippen LogP contribution in [0.15, 0.2) is 35.2 Å². The first-order chi connectivity index (χ1) is 6.68. The van der Waals surface area contributed by atoms with E-state index >= 15 is 0 Å². The summed E-state index contributed by atoms with van der Waals surface area (Å²) in [7, 11) is 0. The van der Waals surface area contributed by atoms with Crippen LogP contribution in [0.25, 0.3) is 0 Å². The van der Waals surface area contributed by atoms with Gasteiger partial charge in [-0.2, -0.15) is 0 Å². The zero-order chi connectivity index (χ0) is 10.4. The fourth-order valence-electron chi connectivity index (χ4n) is 0.731. The summed E-state index contributed by atoms with van der Waals surface area (Å²) in [6.45, 7) is 0. The van der Waals surface area contributed by atoms with Crippen LogP contribution in [-0.4, -0.2) is 12.1 Å². The normalized spacial score (nSPS) is 9.14. The van der Waals surface area contributed by atoms with Gasteiger partial charge in [-0.15, -0.1) is 0 Å². The van der Waals surface area contributed by atoms with Crippen LogP contribution >= 0.6 is 11.9 Å². The molecule has 4 N–H and O–H groups in total. The Labute approximate surface area is 85.2 Å². The highest BCUT2D eigenvalue weighted by atomic mass is 32.2. The number of hydrogen-bond donors (Lipinski definition) is 3. The van der Waals surface area contributed by atoms with Crippen LogP contribution in [0, 0.1) is 0 Å². The van der Waals surface area contributed by atoms with Crippen LogP contribution in [-0.2, 0) is 0 Å². The average Bonchev–Trinajstić information content (AvgIpc) is 2.15. The Balaban J connectivity index is 2.34. The van der Waals surface area contributed by atoms with E-state index in [-0.39, 0.29) is 0 Å². The van der Waals surface area contributed by atoms with Gasteiger partial charge in [0.05, 0.1) is 0 Å². The van der Waals surface area contributed by atoms with Crippen molar-refractivity contribution in [2.75, 3.05) is 0 Å². The van der Waals surface area contributed by atoms with Gasteiger partial charge in [0, 0.05) is 4.90 Å². The Morgan fingerprint density at radius 1 is 1.21 bits per heavy atom. The zero-order valence-corrected chi connectivity index (χ0v) is 8.01. The second-order valence-electron chi connectivity index (χ2n) is 2.34. The molecule has 74 valence electrons. The van der Waals surface area contributed by atoms with E-state index in [1.807, 2.05) is 35.6 Å². The van der Waals surface area contributed by atoms with Gasteiger partial charge in [0.2, 0.25) is 0 Å². The van der Waals surface area contributed by atoms with E-state index < -0.39 is 12.1 Å². The van der Waals surface area contributed by atoms with Crippen LogP contribution in [0.3, 0.4) is 0 Å². The molecular weight excluding hydrogens is 202 g/mol. The van der Waals surface area contributed by atoms with Crippen molar-refractivity contribution in [3.8, 4) is 0 Å². The van der Waals surface area contributed by atoms with Crippen LogP contribution in [0.5, 0.6) is 0 Å². The molecule has 1 aromatic carbocycles. The number of nitrogens with two attached hydrogens (primary N) is 1. The molecule has 1 aromatic rings. The summed E-state index contributed by atoms with van der Waals surface area (Å²) in [5.41, 5.74) is 4.74. The number of imide groups is 1. The van der Waals surface area contributed by atoms with Crippen molar-refractivity contribution < 1.29 is 9.59 Å². The lowest BCUT2D eigenvalue weighted by Gasteiger charge is -2.02. The van der Waals surface area contributed by atoms with Gasteiger partial charge in [-0.25, -0.2) is 9.59 Å². The molecule has 1 rings (SSSR count). The molecule has 14 heavy (non-hydrogen) atoms. The molecule has 0 spiro atoms. The molecule has 0 heterocycles. The van der Waals surface area contributed by atoms with Crippen LogP contribution in [0.2, 0.25) is 0 Å². The Morgan fingerprint density at radius 3 is 2.43 bits per heavy atom. The van der Waals surface area contributed by atoms with Gasteiger partial charge < -0.3 is 5.73 Å². The van der Waals surface area contributed by atoms with Crippen molar-refractivity contribution in [2.24, 2.45) is 5.73 Å². The first-order valence-electron chi connectivity index (χ1n) is 3.77. The number of carbonyl (C=O) groups excluding carboxylic acids is 2. The van der Waals surface area contributed by atoms with Gasteiger partial charge in [-0.05, 0) is 24.1 Å². The fraction of sp³-hybridized carbons (Fsp3) is 0. The van der Waals surface area contributed by atoms with Crippen LogP contribution in [0.1, 0.15) is 0 Å². The SMILES string of the molecule is NC(=O)NC(=O)NSc1ccccc1. The third-order valence-corrected chi connectivity index (χ3v) is 2.04. The van der Waals surface area contributed by atoms with E-state index in [0.29, 0.717) is 0 Å². The van der Waals surface area contributed by atoms with Crippen molar-refractivity contribution in [3.05, 3.63) is 30.3 Å². The Hall–Kier alpha value is -1.69. The third kappa shape index (κ3) is 3.81. The molecule has 6 heteroatoms. The van der Waals surface area contributed by atoms with Crippen molar-refractivity contribution in [1.82, 2.24) is 10.0 Å². The first-order valence-corrected chi connectivity index (χ1v) is 4.58. The average molecular weight is 211 g/mol. The van der Waals surface area contributed by atoms with Gasteiger partial charge in [-0.1, -0.05) is 18.2 Å². The zero-order valence-electron chi connectivity index (χ0n) is 7.19. The first kappa shape index (κ1) is 10.4. The molecule has 0 atom stereocenters. The van der Waals surface area contributed by atoms with E-state index in [1.54, 1.807) is 0 Å². The number of primary amides is 1. The number of urea groups is 2. The minimum Gasteiger partial charge on any atom is -0.351 e. The van der Waals surface area contributed by atoms with Crippen molar-refractivity contribution in [2.45, 2.75) is 4.90 Å². The summed E-state index contributed by atoms with van der Waals surface area (Å²) >= 11 is 1.10. The van der Waals surface area contributed by atoms with Crippen LogP contribution < -0.4 is 15.8 Å². The molecule has 0 fully saturated rings. The fourth-order valence-corrected chi connectivity index (χ4v) is 1.29. The maximum absolute atomic E-state index is 10.9. The number of amides is 4. The number of rotatable bonds is 2. The van der Waals surface area contributed by atoms with E-state index in [2.05, 4.69) is 4.72 Å². The predicted molar refractivity (Wildman–Crippen MR) is 53.5 cm³/mol. The van der Waals surface area contributed by atoms with Gasteiger partial charge in [0.25, 0.3) is 0 Å². The summed E-state index contributed by atoms with van der Waals surface area (Å²) in [5, 5.41) is 1.88. The molecule has 0 aromatic heterocycles. The van der Waals surface area contributed by atoms with Gasteiger partial charge in [0.1, 0.15) is 0 Å². The summed E-state index contributed by atoms with van der Waals surface area (Å²) in [6, 6.07) is 7.70. The summed E-state index contributed by atoms with van der Waals surface area (Å²) in [6.07, 6.45) is 0. The van der Waals surface area contributed by atoms with Crippen molar-refractivity contribution in [3.63, 3.8) is 0 Å². The summed E-state index contributed by atoms with van der Waals surface area (Å²) in [4.78, 5) is 22.0. The standard InChI is InChI=1S/C8H9N3O2S/c9-7(12)10-8(13)11-14-6-4-2-1-3-5-6/h1-5H,(H4,9,10,11,12,13). The minimum atomic E-state index is -0.879. The number of hydrogen-bond acceptors (Lipinski definition) is 3. The predicted octanol–water partition coefficient (Wildman–Crippen LogP) is 1.07. The van der Waals surface area contributed by atoms with Gasteiger partial charge in [-0.3, -0.25) is 10.0 Å². The van der Waals surface area contributed by atoms with Gasteiger partial charge >= 0.3 is 12.1 Å². The van der Waals surface area contributed by atoms with E-state index in [1.165, 1.54) is 0 Å². The van der Waals surface area contributed by atoms with E-state index in [9.17, 15) is 9.59 Å². The Bertz CT molecular complexity index is 329. The molecule has 0 aliphatic carbocycles. The molecule has 0 aliphatic rings. The minimum absolute atomic E-state index is 0.633. The van der Waals surface area contributed by atoms with Crippen molar-refractivity contribution in [1.29, 1.82) is 0 Å². The molecular formula is C8H9N3O2S. The van der Waals surface area contributed by atoms with Gasteiger partial charge in [0.15, 0.2) is 0 Å². The smallest absolute Gasteiger partial charge is 0.333 e. The number of carbonyl (C=O) groups is 2. The molecule has 4 amide bonds. The molecule has 0 radical (unpaired) electrons. The largest absolute Gasteiger partial charge is 0.351 e. The number of nitrogens with one attached hydrogen (secondary N) is 2. The Kier molecular flexibility index (Phi) is 3.81. The molecule has 0 unspecified atom stereocenters.